The Labute approximate surface area is 70.8 Å². The number of aromatic nitrogens is 1. The maximum atomic E-state index is 12.8. The lowest BCUT2D eigenvalue weighted by molar-refractivity contribution is -0.143. The fourth-order valence-corrected chi connectivity index (χ4v) is 0.803. The number of rotatable bonds is 1. The van der Waals surface area contributed by atoms with Crippen LogP contribution in [-0.2, 0) is 12.8 Å². The van der Waals surface area contributed by atoms with Gasteiger partial charge in [-0.25, -0.2) is 9.37 Å². The molecule has 0 aliphatic carbocycles. The molecule has 0 radical (unpaired) electrons. The molecule has 0 atom stereocenters. The number of nitrogens with zero attached hydrogens (tertiary/aromatic N) is 1. The molecule has 2 nitrogen and oxygen atoms in total. The van der Waals surface area contributed by atoms with Gasteiger partial charge in [0.1, 0.15) is 0 Å². The van der Waals surface area contributed by atoms with Crippen LogP contribution in [0.1, 0.15) is 11.3 Å². The molecule has 1 aromatic heterocycles. The number of aliphatic hydroxyl groups excluding tert-OH is 1. The summed E-state index contributed by atoms with van der Waals surface area (Å²) < 4.78 is 48.8. The molecule has 1 N–H and O–H groups in total. The number of hydrogen-bond donors (Lipinski definition) is 1. The molecule has 0 saturated carbocycles. The van der Waals surface area contributed by atoms with Crippen molar-refractivity contribution in [1.29, 1.82) is 0 Å². The Morgan fingerprint density at radius 2 is 2.00 bits per heavy atom. The zero-order valence-corrected chi connectivity index (χ0v) is 6.27. The summed E-state index contributed by atoms with van der Waals surface area (Å²) >= 11 is 0. The van der Waals surface area contributed by atoms with E-state index in [-0.39, 0.29) is 0 Å². The van der Waals surface area contributed by atoms with E-state index in [0.717, 1.165) is 12.3 Å². The zero-order valence-electron chi connectivity index (χ0n) is 6.27. The van der Waals surface area contributed by atoms with Crippen LogP contribution in [0.15, 0.2) is 12.3 Å². The Morgan fingerprint density at radius 3 is 2.46 bits per heavy atom. The van der Waals surface area contributed by atoms with Crippen molar-refractivity contribution in [2.75, 3.05) is 0 Å². The van der Waals surface area contributed by atoms with Crippen LogP contribution >= 0.6 is 0 Å². The van der Waals surface area contributed by atoms with Gasteiger partial charge in [0.05, 0.1) is 6.61 Å². The first-order valence-corrected chi connectivity index (χ1v) is 3.28. The third-order valence-electron chi connectivity index (χ3n) is 1.41. The lowest BCUT2D eigenvalue weighted by Crippen LogP contribution is -2.12. The molecule has 1 aromatic rings. The summed E-state index contributed by atoms with van der Waals surface area (Å²) in [6, 6.07) is 0.991. The molecule has 0 aliphatic heterocycles. The second kappa shape index (κ2) is 3.29. The van der Waals surface area contributed by atoms with Crippen LogP contribution in [0, 0.1) is 5.82 Å². The molecule has 0 unspecified atom stereocenters. The Hall–Kier alpha value is -1.17. The van der Waals surface area contributed by atoms with E-state index in [0.29, 0.717) is 0 Å². The summed E-state index contributed by atoms with van der Waals surface area (Å²) in [5, 5.41) is 8.47. The van der Waals surface area contributed by atoms with E-state index in [1.54, 1.807) is 0 Å². The van der Waals surface area contributed by atoms with Crippen molar-refractivity contribution < 1.29 is 22.7 Å². The van der Waals surface area contributed by atoms with Gasteiger partial charge in [-0.1, -0.05) is 0 Å². The standard InChI is InChI=1S/C7H5F4NO/c8-5-4(3-13)1-2-12-6(5)7(9,10)11/h1-2,13H,3H2. The summed E-state index contributed by atoms with van der Waals surface area (Å²) in [4.78, 5) is 2.85. The first kappa shape index (κ1) is 9.91. The van der Waals surface area contributed by atoms with E-state index in [2.05, 4.69) is 4.98 Å². The summed E-state index contributed by atoms with van der Waals surface area (Å²) in [5.74, 6) is -1.52. The topological polar surface area (TPSA) is 33.1 Å². The van der Waals surface area contributed by atoms with Gasteiger partial charge in [0, 0.05) is 11.8 Å². The average Bonchev–Trinajstić information content (AvgIpc) is 2.02. The van der Waals surface area contributed by atoms with Crippen LogP contribution in [-0.4, -0.2) is 10.1 Å². The Balaban J connectivity index is 3.24. The number of aliphatic hydroxyl groups is 1. The Morgan fingerprint density at radius 1 is 1.38 bits per heavy atom. The van der Waals surface area contributed by atoms with Gasteiger partial charge in [0.15, 0.2) is 11.5 Å². The van der Waals surface area contributed by atoms with E-state index in [4.69, 9.17) is 5.11 Å². The van der Waals surface area contributed by atoms with Crippen molar-refractivity contribution in [2.24, 2.45) is 0 Å². The molecule has 0 amide bonds. The smallest absolute Gasteiger partial charge is 0.392 e. The highest BCUT2D eigenvalue weighted by Gasteiger charge is 2.36. The molecule has 1 rings (SSSR count). The second-order valence-electron chi connectivity index (χ2n) is 2.29. The lowest BCUT2D eigenvalue weighted by atomic mass is 10.2. The number of hydrogen-bond acceptors (Lipinski definition) is 2. The number of pyridine rings is 1. The quantitative estimate of drug-likeness (QED) is 0.692. The summed E-state index contributed by atoms with van der Waals surface area (Å²) in [6.07, 6.45) is -4.02. The molecule has 1 heterocycles. The highest BCUT2D eigenvalue weighted by molar-refractivity contribution is 5.20. The first-order chi connectivity index (χ1) is 5.96. The van der Waals surface area contributed by atoms with Gasteiger partial charge in [-0.05, 0) is 6.07 Å². The van der Waals surface area contributed by atoms with Gasteiger partial charge in [-0.3, -0.25) is 0 Å². The van der Waals surface area contributed by atoms with Gasteiger partial charge in [-0.2, -0.15) is 13.2 Å². The van der Waals surface area contributed by atoms with Crippen molar-refractivity contribution >= 4 is 0 Å². The molecular weight excluding hydrogens is 190 g/mol. The van der Waals surface area contributed by atoms with Crippen LogP contribution < -0.4 is 0 Å². The van der Waals surface area contributed by atoms with E-state index in [9.17, 15) is 17.6 Å². The van der Waals surface area contributed by atoms with E-state index in [1.165, 1.54) is 0 Å². The van der Waals surface area contributed by atoms with E-state index < -0.39 is 29.9 Å². The van der Waals surface area contributed by atoms with Gasteiger partial charge in [0.25, 0.3) is 0 Å². The molecule has 0 aromatic carbocycles. The summed E-state index contributed by atoms with van der Waals surface area (Å²) in [6.45, 7) is -0.780. The van der Waals surface area contributed by atoms with Crippen LogP contribution in [0.3, 0.4) is 0 Å². The number of halogens is 4. The molecule has 6 heteroatoms. The largest absolute Gasteiger partial charge is 0.436 e. The molecule has 13 heavy (non-hydrogen) atoms. The SMILES string of the molecule is OCc1ccnc(C(F)(F)F)c1F. The zero-order chi connectivity index (χ0) is 10.1. The minimum Gasteiger partial charge on any atom is -0.392 e. The lowest BCUT2D eigenvalue weighted by Gasteiger charge is -2.07. The first-order valence-electron chi connectivity index (χ1n) is 3.28. The molecule has 0 bridgehead atoms. The molecule has 0 saturated heterocycles. The highest BCUT2D eigenvalue weighted by atomic mass is 19.4. The van der Waals surface area contributed by atoms with Gasteiger partial charge in [-0.15, -0.1) is 0 Å². The van der Waals surface area contributed by atoms with Crippen molar-refractivity contribution in [3.8, 4) is 0 Å². The van der Waals surface area contributed by atoms with Crippen molar-refractivity contribution in [3.05, 3.63) is 29.3 Å². The summed E-state index contributed by atoms with van der Waals surface area (Å²) in [5.41, 5.74) is -2.01. The third-order valence-corrected chi connectivity index (χ3v) is 1.41. The Bertz CT molecular complexity index is 310. The fraction of sp³-hybridized carbons (Fsp3) is 0.286. The Kier molecular flexibility index (Phi) is 2.51. The maximum Gasteiger partial charge on any atom is 0.436 e. The van der Waals surface area contributed by atoms with Gasteiger partial charge < -0.3 is 5.11 Å². The normalized spacial score (nSPS) is 11.8. The second-order valence-corrected chi connectivity index (χ2v) is 2.29. The molecule has 0 fully saturated rings. The predicted octanol–water partition coefficient (Wildman–Crippen LogP) is 1.73. The number of alkyl halides is 3. The fourth-order valence-electron chi connectivity index (χ4n) is 0.803. The molecular formula is C7H5F4NO. The monoisotopic (exact) mass is 195 g/mol. The average molecular weight is 195 g/mol. The predicted molar refractivity (Wildman–Crippen MR) is 35.1 cm³/mol. The van der Waals surface area contributed by atoms with Crippen LogP contribution in [0.5, 0.6) is 0 Å². The molecule has 0 aliphatic rings. The molecule has 72 valence electrons. The van der Waals surface area contributed by atoms with Crippen LogP contribution in [0.2, 0.25) is 0 Å². The van der Waals surface area contributed by atoms with Crippen molar-refractivity contribution in [2.45, 2.75) is 12.8 Å². The molecule has 0 spiro atoms. The minimum absolute atomic E-state index is 0.415. The van der Waals surface area contributed by atoms with Gasteiger partial charge >= 0.3 is 6.18 Å². The summed E-state index contributed by atoms with van der Waals surface area (Å²) in [7, 11) is 0. The maximum absolute atomic E-state index is 12.8. The van der Waals surface area contributed by atoms with E-state index in [1.807, 2.05) is 0 Å². The van der Waals surface area contributed by atoms with Crippen molar-refractivity contribution in [3.63, 3.8) is 0 Å². The van der Waals surface area contributed by atoms with Crippen molar-refractivity contribution in [1.82, 2.24) is 4.98 Å². The van der Waals surface area contributed by atoms with Crippen LogP contribution in [0.25, 0.3) is 0 Å². The van der Waals surface area contributed by atoms with Gasteiger partial charge in [0.2, 0.25) is 0 Å². The highest BCUT2D eigenvalue weighted by Crippen LogP contribution is 2.30. The van der Waals surface area contributed by atoms with Crippen LogP contribution in [0.4, 0.5) is 17.6 Å². The third kappa shape index (κ3) is 1.95. The van der Waals surface area contributed by atoms with E-state index >= 15 is 0 Å². The minimum atomic E-state index is -4.82.